The van der Waals surface area contributed by atoms with Crippen molar-refractivity contribution in [2.45, 2.75) is 83.4 Å². The molecule has 2 heterocycles. The maximum Gasteiger partial charge on any atom is 0.309 e. The molecule has 2 aliphatic rings. The molecule has 1 fully saturated rings. The first kappa shape index (κ1) is 30.3. The minimum Gasteiger partial charge on any atom is -0.463 e. The molecule has 0 aliphatic carbocycles. The van der Waals surface area contributed by atoms with E-state index >= 15 is 0 Å². The lowest BCUT2D eigenvalue weighted by molar-refractivity contribution is -0.162. The van der Waals surface area contributed by atoms with Gasteiger partial charge in [-0.2, -0.15) is 0 Å². The fourth-order valence-electron chi connectivity index (χ4n) is 5.04. The van der Waals surface area contributed by atoms with Gasteiger partial charge in [0, 0.05) is 13.0 Å². The number of amides is 2. The predicted molar refractivity (Wildman–Crippen MR) is 145 cm³/mol. The van der Waals surface area contributed by atoms with Crippen LogP contribution in [0, 0.1) is 11.8 Å². The van der Waals surface area contributed by atoms with Crippen molar-refractivity contribution < 1.29 is 33.8 Å². The number of aliphatic hydroxyl groups excluding tert-OH is 1. The lowest BCUT2D eigenvalue weighted by atomic mass is 9.95. The Morgan fingerprint density at radius 1 is 1.10 bits per heavy atom. The zero-order valence-electron chi connectivity index (χ0n) is 23.3. The van der Waals surface area contributed by atoms with Gasteiger partial charge in [0.1, 0.15) is 12.2 Å². The second-order valence-corrected chi connectivity index (χ2v) is 11.4. The molecule has 9 heteroatoms. The van der Waals surface area contributed by atoms with Crippen molar-refractivity contribution in [2.75, 3.05) is 19.8 Å². The van der Waals surface area contributed by atoms with E-state index in [1.807, 2.05) is 30.3 Å². The van der Waals surface area contributed by atoms with Crippen LogP contribution in [0.15, 0.2) is 42.5 Å². The molecule has 0 unspecified atom stereocenters. The second kappa shape index (κ2) is 14.3. The number of benzene rings is 1. The first-order valence-corrected chi connectivity index (χ1v) is 13.8. The molecule has 0 bridgehead atoms. The molecule has 9 nitrogen and oxygen atoms in total. The average molecular weight is 543 g/mol. The highest BCUT2D eigenvalue weighted by Crippen LogP contribution is 2.26. The van der Waals surface area contributed by atoms with Gasteiger partial charge in [-0.1, -0.05) is 42.5 Å². The van der Waals surface area contributed by atoms with Gasteiger partial charge in [-0.25, -0.2) is 0 Å². The number of fused-ring (bicyclic) bond motifs is 1. The number of carbonyl (C=O) groups excluding carboxylic acids is 4. The number of aliphatic hydroxyl groups is 1. The largest absolute Gasteiger partial charge is 0.463 e. The van der Waals surface area contributed by atoms with Crippen LogP contribution in [0.1, 0.15) is 64.9 Å². The van der Waals surface area contributed by atoms with Gasteiger partial charge in [-0.15, -0.1) is 0 Å². The van der Waals surface area contributed by atoms with Gasteiger partial charge < -0.3 is 24.8 Å². The smallest absolute Gasteiger partial charge is 0.309 e. The number of ether oxygens (including phenoxy) is 2. The number of hydrogen-bond donors (Lipinski definition) is 2. The maximum absolute atomic E-state index is 13.5. The molecular weight excluding hydrogens is 500 g/mol. The minimum atomic E-state index is -0.689. The minimum absolute atomic E-state index is 0.0151. The molecule has 2 amide bonds. The summed E-state index contributed by atoms with van der Waals surface area (Å²) in [5.74, 6) is -2.65. The number of nitrogens with one attached hydrogen (secondary N) is 1. The van der Waals surface area contributed by atoms with Gasteiger partial charge in [-0.05, 0) is 58.4 Å². The fourth-order valence-corrected chi connectivity index (χ4v) is 5.04. The molecule has 4 atom stereocenters. The Labute approximate surface area is 230 Å². The van der Waals surface area contributed by atoms with Crippen LogP contribution in [-0.4, -0.2) is 71.2 Å². The summed E-state index contributed by atoms with van der Waals surface area (Å²) < 4.78 is 11.0. The van der Waals surface area contributed by atoms with Gasteiger partial charge in [0.2, 0.25) is 11.8 Å². The van der Waals surface area contributed by atoms with E-state index in [0.717, 1.165) is 12.0 Å². The molecule has 2 N–H and O–H groups in total. The molecule has 39 heavy (non-hydrogen) atoms. The number of cyclic esters (lactones) is 1. The highest BCUT2D eigenvalue weighted by atomic mass is 16.6. The Hall–Kier alpha value is -3.20. The monoisotopic (exact) mass is 542 g/mol. The van der Waals surface area contributed by atoms with Gasteiger partial charge in [-0.3, -0.25) is 19.2 Å². The highest BCUT2D eigenvalue weighted by molar-refractivity contribution is 5.86. The lowest BCUT2D eigenvalue weighted by Crippen LogP contribution is -2.45. The number of allylic oxidation sites excluding steroid dienone is 2. The molecule has 0 aromatic heterocycles. The highest BCUT2D eigenvalue weighted by Gasteiger charge is 2.36. The summed E-state index contributed by atoms with van der Waals surface area (Å²) in [6, 6.07) is 8.88. The van der Waals surface area contributed by atoms with Crippen molar-refractivity contribution in [1.29, 1.82) is 0 Å². The van der Waals surface area contributed by atoms with E-state index in [4.69, 9.17) is 9.47 Å². The molecule has 3 rings (SSSR count). The van der Waals surface area contributed by atoms with E-state index in [1.54, 1.807) is 37.8 Å². The fraction of sp³-hybridized carbons (Fsp3) is 0.600. The van der Waals surface area contributed by atoms with E-state index in [0.29, 0.717) is 25.8 Å². The first-order valence-electron chi connectivity index (χ1n) is 13.8. The first-order chi connectivity index (χ1) is 18.6. The van der Waals surface area contributed by atoms with E-state index < -0.39 is 35.4 Å². The van der Waals surface area contributed by atoms with Crippen molar-refractivity contribution in [1.82, 2.24) is 10.2 Å². The molecule has 1 aromatic carbocycles. The molecule has 2 aliphatic heterocycles. The number of rotatable bonds is 8. The van der Waals surface area contributed by atoms with Crippen LogP contribution in [0.5, 0.6) is 0 Å². The van der Waals surface area contributed by atoms with Crippen molar-refractivity contribution in [3.05, 3.63) is 48.0 Å². The molecule has 0 saturated carbocycles. The van der Waals surface area contributed by atoms with E-state index in [-0.39, 0.29) is 50.3 Å². The Morgan fingerprint density at radius 3 is 2.46 bits per heavy atom. The number of hydrogen-bond acceptors (Lipinski definition) is 7. The summed E-state index contributed by atoms with van der Waals surface area (Å²) in [7, 11) is 0. The quantitative estimate of drug-likeness (QED) is 0.383. The molecular formula is C30H42N2O7. The molecule has 214 valence electrons. The van der Waals surface area contributed by atoms with Gasteiger partial charge in [0.05, 0.1) is 36.9 Å². The van der Waals surface area contributed by atoms with Gasteiger partial charge in [0.25, 0.3) is 0 Å². The summed E-state index contributed by atoms with van der Waals surface area (Å²) in [5, 5.41) is 12.7. The second-order valence-electron chi connectivity index (χ2n) is 11.4. The van der Waals surface area contributed by atoms with Crippen molar-refractivity contribution in [3.63, 3.8) is 0 Å². The van der Waals surface area contributed by atoms with Crippen LogP contribution in [0.25, 0.3) is 0 Å². The normalized spacial score (nSPS) is 24.0. The Bertz CT molecular complexity index is 1020. The van der Waals surface area contributed by atoms with Gasteiger partial charge >= 0.3 is 11.9 Å². The third-order valence-electron chi connectivity index (χ3n) is 6.94. The Balaban J connectivity index is 1.69. The Morgan fingerprint density at radius 2 is 1.79 bits per heavy atom. The third kappa shape index (κ3) is 9.80. The van der Waals surface area contributed by atoms with E-state index in [2.05, 4.69) is 5.32 Å². The summed E-state index contributed by atoms with van der Waals surface area (Å²) in [5.41, 5.74) is 0.342. The zero-order valence-corrected chi connectivity index (χ0v) is 23.3. The van der Waals surface area contributed by atoms with Gasteiger partial charge in [0.15, 0.2) is 0 Å². The molecule has 1 aromatic rings. The Kier molecular flexibility index (Phi) is 11.1. The number of nitrogens with zero attached hydrogens (tertiary/aromatic N) is 1. The SMILES string of the molecule is CC(C)(C)OC(=O)C[C@@H]1C/C=C\C[C@H](CC(=O)N[C@H](CO)Cc2ccccc2)C(=O)N2CCC[C@H]2COC1=O. The third-order valence-corrected chi connectivity index (χ3v) is 6.94. The average Bonchev–Trinajstić information content (AvgIpc) is 3.35. The van der Waals surface area contributed by atoms with Crippen molar-refractivity contribution >= 4 is 23.8 Å². The van der Waals surface area contributed by atoms with E-state index in [9.17, 15) is 24.3 Å². The summed E-state index contributed by atoms with van der Waals surface area (Å²) in [4.78, 5) is 53.4. The van der Waals surface area contributed by atoms with Crippen LogP contribution >= 0.6 is 0 Å². The molecule has 0 radical (unpaired) electrons. The van der Waals surface area contributed by atoms with Crippen LogP contribution in [0.2, 0.25) is 0 Å². The predicted octanol–water partition coefficient (Wildman–Crippen LogP) is 2.94. The molecule has 1 saturated heterocycles. The van der Waals surface area contributed by atoms with E-state index in [1.165, 1.54) is 0 Å². The number of esters is 2. The standard InChI is InChI=1S/C30H42N2O7/c1-30(2,3)39-27(35)18-23-13-8-7-12-22(28(36)32-15-9-14-25(32)20-38-29(23)37)17-26(34)31-24(19-33)16-21-10-5-4-6-11-21/h4-8,10-11,22-25,33H,9,12-20H2,1-3H3,(H,31,34)/b8-7-/t22-,23+,24+,25+/m1/s1. The van der Waals surface area contributed by atoms with Crippen molar-refractivity contribution in [2.24, 2.45) is 11.8 Å². The summed E-state index contributed by atoms with van der Waals surface area (Å²) in [6.45, 7) is 5.71. The van der Waals surface area contributed by atoms with Crippen LogP contribution < -0.4 is 5.32 Å². The van der Waals surface area contributed by atoms with Crippen LogP contribution in [-0.2, 0) is 35.1 Å². The van der Waals surface area contributed by atoms with Crippen molar-refractivity contribution in [3.8, 4) is 0 Å². The summed E-state index contributed by atoms with van der Waals surface area (Å²) >= 11 is 0. The van der Waals surface area contributed by atoms with Crippen LogP contribution in [0.4, 0.5) is 0 Å². The zero-order chi connectivity index (χ0) is 28.4. The van der Waals surface area contributed by atoms with Crippen LogP contribution in [0.3, 0.4) is 0 Å². The topological polar surface area (TPSA) is 122 Å². The summed E-state index contributed by atoms with van der Waals surface area (Å²) in [6.07, 6.45) is 6.02. The number of carbonyl (C=O) groups is 4. The molecule has 0 spiro atoms. The lowest BCUT2D eigenvalue weighted by Gasteiger charge is -2.29. The maximum atomic E-state index is 13.5.